The number of rotatable bonds is 5. The second-order valence-corrected chi connectivity index (χ2v) is 5.66. The van der Waals surface area contributed by atoms with E-state index in [2.05, 4.69) is 15.6 Å². The Morgan fingerprint density at radius 1 is 1.13 bits per heavy atom. The Labute approximate surface area is 143 Å². The normalized spacial score (nSPS) is 10.7. The van der Waals surface area contributed by atoms with Crippen LogP contribution in [0.4, 0.5) is 0 Å². The molecule has 0 spiro atoms. The molecule has 3 rings (SSSR count). The fourth-order valence-electron chi connectivity index (χ4n) is 2.15. The molecule has 1 aromatic heterocycles. The highest BCUT2D eigenvalue weighted by atomic mass is 35.5. The lowest BCUT2D eigenvalue weighted by molar-refractivity contribution is 0.474. The molecule has 1 heterocycles. The third-order valence-corrected chi connectivity index (χ3v) is 3.96. The lowest BCUT2D eigenvalue weighted by Crippen LogP contribution is -2.07. The summed E-state index contributed by atoms with van der Waals surface area (Å²) in [6.07, 6.45) is 3.43. The van der Waals surface area contributed by atoms with Gasteiger partial charge in [0.2, 0.25) is 0 Å². The van der Waals surface area contributed by atoms with Crippen LogP contribution in [-0.4, -0.2) is 22.0 Å². The van der Waals surface area contributed by atoms with Crippen LogP contribution in [0.15, 0.2) is 48.8 Å². The molecule has 2 aromatic carbocycles. The molecular weight excluding hydrogens is 335 g/mol. The summed E-state index contributed by atoms with van der Waals surface area (Å²) >= 11 is 12.0. The maximum absolute atomic E-state index is 6.03. The molecule has 7 heteroatoms. The van der Waals surface area contributed by atoms with Crippen molar-refractivity contribution in [3.8, 4) is 17.2 Å². The topological polar surface area (TPSA) is 52.0 Å². The number of halogens is 2. The molecule has 0 fully saturated rings. The molecule has 0 aliphatic carbocycles. The van der Waals surface area contributed by atoms with E-state index in [-0.39, 0.29) is 0 Å². The van der Waals surface area contributed by atoms with Gasteiger partial charge in [-0.2, -0.15) is 0 Å². The van der Waals surface area contributed by atoms with E-state index in [1.807, 2.05) is 25.2 Å². The molecule has 1 N–H and O–H groups in total. The van der Waals surface area contributed by atoms with Crippen molar-refractivity contribution < 1.29 is 4.74 Å². The number of nitrogens with one attached hydrogen (secondary N) is 1. The summed E-state index contributed by atoms with van der Waals surface area (Å²) in [4.78, 5) is 0. The zero-order valence-electron chi connectivity index (χ0n) is 12.3. The van der Waals surface area contributed by atoms with Gasteiger partial charge in [-0.05, 0) is 37.4 Å². The SMILES string of the molecule is CNCc1cc(-n2ccnn2)ccc1Oc1ccc(Cl)c(Cl)c1. The summed E-state index contributed by atoms with van der Waals surface area (Å²) in [6.45, 7) is 0.652. The zero-order valence-corrected chi connectivity index (χ0v) is 13.8. The van der Waals surface area contributed by atoms with Crippen LogP contribution in [0.25, 0.3) is 5.69 Å². The lowest BCUT2D eigenvalue weighted by atomic mass is 10.1. The van der Waals surface area contributed by atoms with Crippen LogP contribution in [0.1, 0.15) is 5.56 Å². The van der Waals surface area contributed by atoms with Gasteiger partial charge in [-0.1, -0.05) is 28.4 Å². The smallest absolute Gasteiger partial charge is 0.132 e. The Kier molecular flexibility index (Phi) is 4.81. The van der Waals surface area contributed by atoms with Crippen molar-refractivity contribution in [2.45, 2.75) is 6.54 Å². The summed E-state index contributed by atoms with van der Waals surface area (Å²) in [5, 5.41) is 11.9. The van der Waals surface area contributed by atoms with Crippen LogP contribution in [0.2, 0.25) is 10.0 Å². The molecule has 3 aromatic rings. The van der Waals surface area contributed by atoms with E-state index in [9.17, 15) is 0 Å². The summed E-state index contributed by atoms with van der Waals surface area (Å²) in [5.74, 6) is 1.37. The van der Waals surface area contributed by atoms with Crippen LogP contribution in [0.3, 0.4) is 0 Å². The second kappa shape index (κ2) is 7.00. The molecule has 23 heavy (non-hydrogen) atoms. The molecule has 0 bridgehead atoms. The molecule has 0 saturated carbocycles. The van der Waals surface area contributed by atoms with Gasteiger partial charge in [-0.3, -0.25) is 0 Å². The van der Waals surface area contributed by atoms with Crippen molar-refractivity contribution in [2.24, 2.45) is 0 Å². The fraction of sp³-hybridized carbons (Fsp3) is 0.125. The van der Waals surface area contributed by atoms with Gasteiger partial charge in [-0.25, -0.2) is 4.68 Å². The maximum Gasteiger partial charge on any atom is 0.132 e. The Balaban J connectivity index is 1.93. The van der Waals surface area contributed by atoms with Gasteiger partial charge in [0, 0.05) is 18.2 Å². The first-order valence-electron chi connectivity index (χ1n) is 6.94. The van der Waals surface area contributed by atoms with Gasteiger partial charge in [0.25, 0.3) is 0 Å². The van der Waals surface area contributed by atoms with Gasteiger partial charge in [0.15, 0.2) is 0 Å². The molecule has 0 saturated heterocycles. The van der Waals surface area contributed by atoms with Crippen molar-refractivity contribution in [3.63, 3.8) is 0 Å². The third-order valence-electron chi connectivity index (χ3n) is 3.22. The summed E-state index contributed by atoms with van der Waals surface area (Å²) in [5.41, 5.74) is 1.90. The quantitative estimate of drug-likeness (QED) is 0.754. The molecule has 0 radical (unpaired) electrons. The standard InChI is InChI=1S/C16H14Cl2N4O/c1-19-10-11-8-12(22-7-6-20-21-22)2-5-16(11)23-13-3-4-14(17)15(18)9-13/h2-9,19H,10H2,1H3. The average Bonchev–Trinajstić information content (AvgIpc) is 3.07. The lowest BCUT2D eigenvalue weighted by Gasteiger charge is -2.13. The monoisotopic (exact) mass is 348 g/mol. The van der Waals surface area contributed by atoms with E-state index in [4.69, 9.17) is 27.9 Å². The predicted molar refractivity (Wildman–Crippen MR) is 90.7 cm³/mol. The number of ether oxygens (including phenoxy) is 1. The van der Waals surface area contributed by atoms with Crippen molar-refractivity contribution in [3.05, 3.63) is 64.4 Å². The molecule has 0 aliphatic heterocycles. The molecule has 0 aliphatic rings. The van der Waals surface area contributed by atoms with Crippen molar-refractivity contribution in [1.82, 2.24) is 20.3 Å². The molecule has 5 nitrogen and oxygen atoms in total. The highest BCUT2D eigenvalue weighted by Crippen LogP contribution is 2.31. The Morgan fingerprint density at radius 2 is 2.00 bits per heavy atom. The zero-order chi connectivity index (χ0) is 16.2. The van der Waals surface area contributed by atoms with Crippen molar-refractivity contribution >= 4 is 23.2 Å². The fourth-order valence-corrected chi connectivity index (χ4v) is 2.44. The number of aromatic nitrogens is 3. The van der Waals surface area contributed by atoms with E-state index in [1.165, 1.54) is 0 Å². The summed E-state index contributed by atoms with van der Waals surface area (Å²) in [6, 6.07) is 11.0. The number of hydrogen-bond acceptors (Lipinski definition) is 4. The van der Waals surface area contributed by atoms with Crippen LogP contribution in [0.5, 0.6) is 11.5 Å². The van der Waals surface area contributed by atoms with E-state index in [0.717, 1.165) is 17.0 Å². The first-order chi connectivity index (χ1) is 11.2. The molecular formula is C16H14Cl2N4O. The van der Waals surface area contributed by atoms with Gasteiger partial charge in [0.1, 0.15) is 11.5 Å². The first kappa shape index (κ1) is 15.8. The highest BCUT2D eigenvalue weighted by molar-refractivity contribution is 6.42. The summed E-state index contributed by atoms with van der Waals surface area (Å²) < 4.78 is 7.64. The minimum atomic E-state index is 0.457. The summed E-state index contributed by atoms with van der Waals surface area (Å²) in [7, 11) is 1.88. The third kappa shape index (κ3) is 3.64. The van der Waals surface area contributed by atoms with Crippen LogP contribution < -0.4 is 10.1 Å². The van der Waals surface area contributed by atoms with Gasteiger partial charge < -0.3 is 10.1 Å². The van der Waals surface area contributed by atoms with Crippen molar-refractivity contribution in [1.29, 1.82) is 0 Å². The predicted octanol–water partition coefficient (Wildman–Crippen LogP) is 4.09. The van der Waals surface area contributed by atoms with E-state index in [1.54, 1.807) is 35.3 Å². The van der Waals surface area contributed by atoms with Crippen molar-refractivity contribution in [2.75, 3.05) is 7.05 Å². The molecule has 0 amide bonds. The van der Waals surface area contributed by atoms with E-state index >= 15 is 0 Å². The molecule has 0 unspecified atom stereocenters. The van der Waals surface area contributed by atoms with E-state index in [0.29, 0.717) is 22.3 Å². The largest absolute Gasteiger partial charge is 0.457 e. The van der Waals surface area contributed by atoms with Gasteiger partial charge in [0.05, 0.1) is 28.1 Å². The first-order valence-corrected chi connectivity index (χ1v) is 7.70. The Hall–Kier alpha value is -2.08. The van der Waals surface area contributed by atoms with Crippen LogP contribution in [-0.2, 0) is 6.54 Å². The minimum Gasteiger partial charge on any atom is -0.457 e. The van der Waals surface area contributed by atoms with Gasteiger partial charge >= 0.3 is 0 Å². The Morgan fingerprint density at radius 3 is 2.70 bits per heavy atom. The van der Waals surface area contributed by atoms with Crippen LogP contribution >= 0.6 is 23.2 Å². The number of nitrogens with zero attached hydrogens (tertiary/aromatic N) is 3. The number of hydrogen-bond donors (Lipinski definition) is 1. The van der Waals surface area contributed by atoms with Crippen LogP contribution in [0, 0.1) is 0 Å². The second-order valence-electron chi connectivity index (χ2n) is 4.85. The van der Waals surface area contributed by atoms with Gasteiger partial charge in [-0.15, -0.1) is 5.10 Å². The van der Waals surface area contributed by atoms with E-state index < -0.39 is 0 Å². The molecule has 118 valence electrons. The minimum absolute atomic E-state index is 0.457. The highest BCUT2D eigenvalue weighted by Gasteiger charge is 2.09. The maximum atomic E-state index is 6.03. The average molecular weight is 349 g/mol. The Bertz CT molecular complexity index is 806. The number of benzene rings is 2. The molecule has 0 atom stereocenters.